The Balaban J connectivity index is 1.43. The van der Waals surface area contributed by atoms with Gasteiger partial charge in [0.2, 0.25) is 5.91 Å². The van der Waals surface area contributed by atoms with Gasteiger partial charge in [0.25, 0.3) is 11.8 Å². The molecule has 0 aliphatic heterocycles. The summed E-state index contributed by atoms with van der Waals surface area (Å²) in [4.78, 5) is 40.3. The highest BCUT2D eigenvalue weighted by Crippen LogP contribution is 2.41. The number of nitrogens with one attached hydrogen (secondary N) is 3. The third kappa shape index (κ3) is 9.38. The topological polar surface area (TPSA) is 87.3 Å². The highest BCUT2D eigenvalue weighted by molar-refractivity contribution is 8.00. The second kappa shape index (κ2) is 16.6. The summed E-state index contributed by atoms with van der Waals surface area (Å²) < 4.78 is 97.3. The molecular weight excluding hydrogens is 770 g/mol. The maximum Gasteiger partial charge on any atom is 0.422 e. The Kier molecular flexibility index (Phi) is 12.2. The van der Waals surface area contributed by atoms with Crippen molar-refractivity contribution in [3.05, 3.63) is 164 Å². The van der Waals surface area contributed by atoms with Crippen molar-refractivity contribution in [1.29, 1.82) is 0 Å². The van der Waals surface area contributed by atoms with Crippen molar-refractivity contribution in [3.63, 3.8) is 0 Å². The second-order valence-electron chi connectivity index (χ2n) is 10.9. The van der Waals surface area contributed by atoms with Crippen molar-refractivity contribution in [3.8, 4) is 0 Å². The van der Waals surface area contributed by atoms with Gasteiger partial charge in [-0.1, -0.05) is 83.9 Å². The van der Waals surface area contributed by atoms with E-state index in [0.717, 1.165) is 11.8 Å². The first-order valence-corrected chi connectivity index (χ1v) is 16.7. The molecule has 0 radical (unpaired) electrons. The molecule has 3 amide bonds. The molecule has 0 heterocycles. The zero-order valence-corrected chi connectivity index (χ0v) is 28.8. The Morgan fingerprint density at radius 2 is 1.34 bits per heavy atom. The number of carbonyl (C=O) groups excluding carboxylic acids is 3. The van der Waals surface area contributed by atoms with E-state index < -0.39 is 63.7 Å². The number of benzene rings is 5. The molecule has 0 spiro atoms. The van der Waals surface area contributed by atoms with Crippen LogP contribution in [0.4, 0.5) is 42.1 Å². The van der Waals surface area contributed by atoms with Crippen molar-refractivity contribution >= 4 is 70.1 Å². The number of hydrogen-bond acceptors (Lipinski definition) is 4. The lowest BCUT2D eigenvalue weighted by Gasteiger charge is -2.19. The zero-order chi connectivity index (χ0) is 38.4. The number of rotatable bonds is 10. The third-order valence-corrected chi connectivity index (χ3v) is 9.08. The number of amides is 3. The molecule has 0 saturated heterocycles. The van der Waals surface area contributed by atoms with E-state index in [2.05, 4.69) is 10.6 Å². The molecule has 0 aliphatic carbocycles. The molecule has 272 valence electrons. The molecule has 0 bridgehead atoms. The van der Waals surface area contributed by atoms with Crippen molar-refractivity contribution in [2.75, 3.05) is 10.6 Å². The summed E-state index contributed by atoms with van der Waals surface area (Å²) in [6.07, 6.45) is -4.44. The van der Waals surface area contributed by atoms with Crippen LogP contribution < -0.4 is 16.0 Å². The zero-order valence-electron chi connectivity index (χ0n) is 26.5. The number of thioether (sulfide) groups is 1. The molecule has 0 aromatic heterocycles. The van der Waals surface area contributed by atoms with Gasteiger partial charge in [0.15, 0.2) is 23.3 Å². The van der Waals surface area contributed by atoms with E-state index in [1.54, 1.807) is 29.6 Å². The highest BCUT2D eigenvalue weighted by Gasteiger charge is 2.43. The molecule has 16 heteroatoms. The lowest BCUT2D eigenvalue weighted by Crippen LogP contribution is -2.30. The summed E-state index contributed by atoms with van der Waals surface area (Å²) in [6.45, 7) is 0. The van der Waals surface area contributed by atoms with E-state index in [1.807, 2.05) is 0 Å². The molecule has 0 saturated carbocycles. The van der Waals surface area contributed by atoms with Gasteiger partial charge in [0.1, 0.15) is 22.2 Å². The predicted molar refractivity (Wildman–Crippen MR) is 188 cm³/mol. The molecule has 53 heavy (non-hydrogen) atoms. The normalized spacial score (nSPS) is 12.2. The first-order chi connectivity index (χ1) is 25.1. The number of carbonyl (C=O) groups is 3. The second-order valence-corrected chi connectivity index (χ2v) is 12.9. The Labute approximate surface area is 311 Å². The van der Waals surface area contributed by atoms with E-state index in [0.29, 0.717) is 10.6 Å². The predicted octanol–water partition coefficient (Wildman–Crippen LogP) is 10.5. The molecule has 1 unspecified atom stereocenters. The Bertz CT molecular complexity index is 2190. The van der Waals surface area contributed by atoms with Crippen molar-refractivity contribution in [2.45, 2.75) is 16.3 Å². The van der Waals surface area contributed by atoms with Gasteiger partial charge in [0.05, 0.1) is 0 Å². The fourth-order valence-corrected chi connectivity index (χ4v) is 6.32. The Morgan fingerprint density at radius 3 is 1.94 bits per heavy atom. The quantitative estimate of drug-likeness (QED) is 0.0569. The Morgan fingerprint density at radius 1 is 0.717 bits per heavy atom. The summed E-state index contributed by atoms with van der Waals surface area (Å²) in [5.74, 6) is -13.0. The fourth-order valence-electron chi connectivity index (χ4n) is 4.78. The smallest absolute Gasteiger partial charge is 0.321 e. The average molecular weight is 793 g/mol. The summed E-state index contributed by atoms with van der Waals surface area (Å²) in [7, 11) is 0. The van der Waals surface area contributed by atoms with Crippen LogP contribution in [0, 0.1) is 23.3 Å². The molecule has 6 nitrogen and oxygen atoms in total. The van der Waals surface area contributed by atoms with Crippen LogP contribution in [0.15, 0.2) is 114 Å². The number of anilines is 2. The van der Waals surface area contributed by atoms with Crippen LogP contribution in [0.2, 0.25) is 10.0 Å². The van der Waals surface area contributed by atoms with Crippen molar-refractivity contribution in [1.82, 2.24) is 5.32 Å². The molecule has 5 aromatic rings. The Hall–Kier alpha value is -5.31. The lowest BCUT2D eigenvalue weighted by atomic mass is 10.1. The monoisotopic (exact) mass is 791 g/mol. The van der Waals surface area contributed by atoms with E-state index in [9.17, 15) is 45.1 Å². The number of alkyl halides is 3. The van der Waals surface area contributed by atoms with Crippen LogP contribution in [0.1, 0.15) is 32.3 Å². The molecular formula is C37H22Cl2F7N3O3S. The molecule has 0 aliphatic rings. The molecule has 5 rings (SSSR count). The van der Waals surface area contributed by atoms with Gasteiger partial charge in [-0.15, -0.1) is 11.8 Å². The van der Waals surface area contributed by atoms with Crippen LogP contribution >= 0.6 is 35.0 Å². The van der Waals surface area contributed by atoms with Crippen LogP contribution in [0.3, 0.4) is 0 Å². The summed E-state index contributed by atoms with van der Waals surface area (Å²) >= 11 is 13.1. The van der Waals surface area contributed by atoms with Crippen LogP contribution in [-0.4, -0.2) is 17.7 Å². The van der Waals surface area contributed by atoms with Gasteiger partial charge in [-0.2, -0.15) is 13.2 Å². The number of hydrogen-bond donors (Lipinski definition) is 3. The van der Waals surface area contributed by atoms with E-state index >= 15 is 0 Å². The minimum atomic E-state index is -5.77. The third-order valence-electron chi connectivity index (χ3n) is 7.27. The van der Waals surface area contributed by atoms with E-state index in [4.69, 9.17) is 23.2 Å². The molecule has 0 fully saturated rings. The van der Waals surface area contributed by atoms with E-state index in [-0.39, 0.29) is 32.4 Å². The summed E-state index contributed by atoms with van der Waals surface area (Å²) in [5.41, 5.74) is -3.78. The van der Waals surface area contributed by atoms with Gasteiger partial charge in [-0.05, 0) is 59.7 Å². The molecule has 5 aromatic carbocycles. The summed E-state index contributed by atoms with van der Waals surface area (Å²) in [5, 5.41) is 6.00. The van der Waals surface area contributed by atoms with Crippen LogP contribution in [0.25, 0.3) is 6.08 Å². The minimum Gasteiger partial charge on any atom is -0.321 e. The number of halogens is 9. The van der Waals surface area contributed by atoms with Crippen LogP contribution in [0.5, 0.6) is 0 Å². The maximum atomic E-state index is 14.7. The highest BCUT2D eigenvalue weighted by atomic mass is 35.5. The molecule has 3 N–H and O–H groups in total. The lowest BCUT2D eigenvalue weighted by molar-refractivity contribution is -0.143. The first kappa shape index (κ1) is 38.9. The standard InChI is InChI=1S/C37H22Cl2F7N3O3S/c38-22-15-14-21(25(39)17-22)16-26(48-34(50)20-10-5-2-6-11-20)35(51)47-23-12-7-13-24(18-23)53-33(19-8-3-1-4-9-19)36(52)49-32-30(42)28(40)27(37(44,45)46)29(41)31(32)43/h1-18,33H,(H,47,51)(H,48,50)(H,49,52)/b26-16+. The van der Waals surface area contributed by atoms with Crippen molar-refractivity contribution in [2.24, 2.45) is 0 Å². The fraction of sp³-hybridized carbons (Fsp3) is 0.0541. The van der Waals surface area contributed by atoms with Crippen molar-refractivity contribution < 1.29 is 45.1 Å². The largest absolute Gasteiger partial charge is 0.422 e. The maximum absolute atomic E-state index is 14.7. The van der Waals surface area contributed by atoms with Crippen LogP contribution in [-0.2, 0) is 15.8 Å². The molecule has 1 atom stereocenters. The van der Waals surface area contributed by atoms with E-state index in [1.165, 1.54) is 84.9 Å². The summed E-state index contributed by atoms with van der Waals surface area (Å²) in [6, 6.07) is 26.0. The minimum absolute atomic E-state index is 0.151. The van der Waals surface area contributed by atoms with Gasteiger partial charge < -0.3 is 16.0 Å². The van der Waals surface area contributed by atoms with Gasteiger partial charge in [0, 0.05) is 26.2 Å². The van der Waals surface area contributed by atoms with Gasteiger partial charge >= 0.3 is 6.18 Å². The first-order valence-electron chi connectivity index (χ1n) is 15.0. The average Bonchev–Trinajstić information content (AvgIpc) is 3.12. The van der Waals surface area contributed by atoms with Gasteiger partial charge in [-0.25, -0.2) is 17.6 Å². The van der Waals surface area contributed by atoms with Gasteiger partial charge in [-0.3, -0.25) is 14.4 Å². The SMILES string of the molecule is O=C(Nc1cccc(SC(C(=O)Nc2c(F)c(F)c(C(F)(F)F)c(F)c2F)c2ccccc2)c1)/C(=C\c1ccc(Cl)cc1Cl)NC(=O)c1ccccc1.